The molecule has 80 valence electrons. The molecule has 1 atom stereocenters. The molecule has 1 aromatic carbocycles. The molecule has 1 nitrogen and oxygen atoms in total. The van der Waals surface area contributed by atoms with Gasteiger partial charge in [-0.2, -0.15) is 0 Å². The average Bonchev–Trinajstić information content (AvgIpc) is 2.27. The Labute approximate surface area is 92.5 Å². The molecule has 0 aliphatic carbocycles. The van der Waals surface area contributed by atoms with Crippen molar-refractivity contribution in [3.8, 4) is 11.8 Å². The Hall–Kier alpha value is -1.26. The molecular formula is C14H18O. The summed E-state index contributed by atoms with van der Waals surface area (Å²) in [6, 6.07) is 8.25. The predicted molar refractivity (Wildman–Crippen MR) is 63.7 cm³/mol. The molecule has 1 rings (SSSR count). The Morgan fingerprint density at radius 3 is 2.47 bits per heavy atom. The van der Waals surface area contributed by atoms with Crippen molar-refractivity contribution >= 4 is 0 Å². The highest BCUT2D eigenvalue weighted by Gasteiger charge is 2.03. The van der Waals surface area contributed by atoms with Gasteiger partial charge < -0.3 is 4.74 Å². The summed E-state index contributed by atoms with van der Waals surface area (Å²) in [5.74, 6) is 5.91. The van der Waals surface area contributed by atoms with E-state index >= 15 is 0 Å². The lowest BCUT2D eigenvalue weighted by Crippen LogP contribution is -2.00. The Kier molecular flexibility index (Phi) is 4.93. The Morgan fingerprint density at radius 2 is 1.93 bits per heavy atom. The van der Waals surface area contributed by atoms with E-state index in [0.29, 0.717) is 0 Å². The highest BCUT2D eigenvalue weighted by atomic mass is 16.5. The van der Waals surface area contributed by atoms with E-state index in [4.69, 9.17) is 4.74 Å². The minimum atomic E-state index is 0.175. The quantitative estimate of drug-likeness (QED) is 0.678. The molecule has 0 heterocycles. The van der Waals surface area contributed by atoms with Crippen LogP contribution in [0, 0.1) is 11.8 Å². The summed E-state index contributed by atoms with van der Waals surface area (Å²) in [4.78, 5) is 0. The standard InChI is InChI=1S/C14H18O/c1-4-6-13-7-9-14(10-8-13)12(3)15-11-5-2/h7-10,12H,5,11H2,1-3H3/t12-/m1/s1. The van der Waals surface area contributed by atoms with E-state index in [1.165, 1.54) is 5.56 Å². The van der Waals surface area contributed by atoms with Crippen LogP contribution in [-0.2, 0) is 4.74 Å². The lowest BCUT2D eigenvalue weighted by atomic mass is 10.1. The third kappa shape index (κ3) is 3.77. The number of rotatable bonds is 4. The van der Waals surface area contributed by atoms with Gasteiger partial charge in [-0.15, -0.1) is 5.92 Å². The van der Waals surface area contributed by atoms with Gasteiger partial charge in [0.25, 0.3) is 0 Å². The molecule has 0 amide bonds. The second-order valence-corrected chi connectivity index (χ2v) is 3.51. The maximum absolute atomic E-state index is 5.64. The van der Waals surface area contributed by atoms with Crippen molar-refractivity contribution in [1.82, 2.24) is 0 Å². The normalized spacial score (nSPS) is 11.7. The minimum absolute atomic E-state index is 0.175. The van der Waals surface area contributed by atoms with E-state index in [2.05, 4.69) is 37.8 Å². The summed E-state index contributed by atoms with van der Waals surface area (Å²) >= 11 is 0. The number of benzene rings is 1. The predicted octanol–water partition coefficient (Wildman–Crippen LogP) is 3.55. The van der Waals surface area contributed by atoms with Crippen molar-refractivity contribution in [2.75, 3.05) is 6.61 Å². The van der Waals surface area contributed by atoms with Crippen LogP contribution >= 0.6 is 0 Å². The summed E-state index contributed by atoms with van der Waals surface area (Å²) in [6.07, 6.45) is 1.23. The molecule has 0 unspecified atom stereocenters. The van der Waals surface area contributed by atoms with Crippen molar-refractivity contribution in [2.45, 2.75) is 33.3 Å². The minimum Gasteiger partial charge on any atom is -0.374 e. The molecule has 0 aliphatic heterocycles. The molecular weight excluding hydrogens is 184 g/mol. The van der Waals surface area contributed by atoms with Gasteiger partial charge in [0.1, 0.15) is 0 Å². The molecule has 0 radical (unpaired) electrons. The van der Waals surface area contributed by atoms with Gasteiger partial charge in [0.2, 0.25) is 0 Å². The smallest absolute Gasteiger partial charge is 0.0796 e. The summed E-state index contributed by atoms with van der Waals surface area (Å²) in [7, 11) is 0. The molecule has 1 heteroatoms. The first-order valence-corrected chi connectivity index (χ1v) is 5.42. The van der Waals surface area contributed by atoms with E-state index < -0.39 is 0 Å². The monoisotopic (exact) mass is 202 g/mol. The highest BCUT2D eigenvalue weighted by molar-refractivity contribution is 5.36. The van der Waals surface area contributed by atoms with Crippen LogP contribution in [0.3, 0.4) is 0 Å². The zero-order valence-electron chi connectivity index (χ0n) is 9.71. The summed E-state index contributed by atoms with van der Waals surface area (Å²) < 4.78 is 5.64. The molecule has 0 spiro atoms. The molecule has 15 heavy (non-hydrogen) atoms. The third-order valence-electron chi connectivity index (χ3n) is 2.22. The maximum atomic E-state index is 5.64. The van der Waals surface area contributed by atoms with E-state index in [1.807, 2.05) is 19.1 Å². The zero-order valence-corrected chi connectivity index (χ0v) is 9.71. The lowest BCUT2D eigenvalue weighted by molar-refractivity contribution is 0.0663. The maximum Gasteiger partial charge on any atom is 0.0796 e. The van der Waals surface area contributed by atoms with Gasteiger partial charge >= 0.3 is 0 Å². The third-order valence-corrected chi connectivity index (χ3v) is 2.22. The first kappa shape index (κ1) is 11.8. The van der Waals surface area contributed by atoms with E-state index in [0.717, 1.165) is 18.6 Å². The van der Waals surface area contributed by atoms with Crippen LogP contribution in [0.4, 0.5) is 0 Å². The number of hydrogen-bond acceptors (Lipinski definition) is 1. The fraction of sp³-hybridized carbons (Fsp3) is 0.429. The van der Waals surface area contributed by atoms with Crippen LogP contribution < -0.4 is 0 Å². The Balaban J connectivity index is 2.65. The van der Waals surface area contributed by atoms with Gasteiger partial charge in [-0.25, -0.2) is 0 Å². The number of hydrogen-bond donors (Lipinski definition) is 0. The van der Waals surface area contributed by atoms with Crippen LogP contribution in [0.25, 0.3) is 0 Å². The van der Waals surface area contributed by atoms with Crippen LogP contribution in [0.2, 0.25) is 0 Å². The van der Waals surface area contributed by atoms with Crippen molar-refractivity contribution in [3.63, 3.8) is 0 Å². The highest BCUT2D eigenvalue weighted by Crippen LogP contribution is 2.17. The molecule has 1 aromatic rings. The second kappa shape index (κ2) is 6.27. The average molecular weight is 202 g/mol. The van der Waals surface area contributed by atoms with Gasteiger partial charge in [-0.3, -0.25) is 0 Å². The van der Waals surface area contributed by atoms with Crippen LogP contribution in [-0.4, -0.2) is 6.61 Å². The van der Waals surface area contributed by atoms with Gasteiger partial charge in [0, 0.05) is 12.2 Å². The molecule has 0 bridgehead atoms. The molecule has 0 fully saturated rings. The SMILES string of the molecule is CC#Cc1ccc([C@@H](C)OCCC)cc1. The topological polar surface area (TPSA) is 9.23 Å². The van der Waals surface area contributed by atoms with E-state index in [-0.39, 0.29) is 6.10 Å². The molecule has 0 N–H and O–H groups in total. The van der Waals surface area contributed by atoms with E-state index in [9.17, 15) is 0 Å². The fourth-order valence-corrected chi connectivity index (χ4v) is 1.37. The molecule has 0 saturated heterocycles. The van der Waals surface area contributed by atoms with Crippen molar-refractivity contribution in [1.29, 1.82) is 0 Å². The van der Waals surface area contributed by atoms with Crippen molar-refractivity contribution < 1.29 is 4.74 Å². The summed E-state index contributed by atoms with van der Waals surface area (Å²) in [6.45, 7) is 6.86. The van der Waals surface area contributed by atoms with Gasteiger partial charge in [0.15, 0.2) is 0 Å². The first-order valence-electron chi connectivity index (χ1n) is 5.42. The van der Waals surface area contributed by atoms with E-state index in [1.54, 1.807) is 0 Å². The largest absolute Gasteiger partial charge is 0.374 e. The Bertz CT molecular complexity index is 340. The first-order chi connectivity index (χ1) is 7.27. The van der Waals surface area contributed by atoms with Crippen molar-refractivity contribution in [3.05, 3.63) is 35.4 Å². The van der Waals surface area contributed by atoms with Gasteiger partial charge in [-0.1, -0.05) is 25.0 Å². The van der Waals surface area contributed by atoms with Crippen LogP contribution in [0.15, 0.2) is 24.3 Å². The zero-order chi connectivity index (χ0) is 11.1. The van der Waals surface area contributed by atoms with Crippen molar-refractivity contribution in [2.24, 2.45) is 0 Å². The van der Waals surface area contributed by atoms with Gasteiger partial charge in [0.05, 0.1) is 6.10 Å². The molecule has 0 saturated carbocycles. The lowest BCUT2D eigenvalue weighted by Gasteiger charge is -2.12. The molecule has 0 aromatic heterocycles. The van der Waals surface area contributed by atoms with Crippen LogP contribution in [0.5, 0.6) is 0 Å². The molecule has 0 aliphatic rings. The summed E-state index contributed by atoms with van der Waals surface area (Å²) in [5, 5.41) is 0. The second-order valence-electron chi connectivity index (χ2n) is 3.51. The van der Waals surface area contributed by atoms with Gasteiger partial charge in [-0.05, 0) is 38.0 Å². The fourth-order valence-electron chi connectivity index (χ4n) is 1.37. The summed E-state index contributed by atoms with van der Waals surface area (Å²) in [5.41, 5.74) is 2.27. The Morgan fingerprint density at radius 1 is 1.27 bits per heavy atom. The number of ether oxygens (including phenoxy) is 1. The van der Waals surface area contributed by atoms with Crippen LogP contribution in [0.1, 0.15) is 44.4 Å².